The molecule has 0 aliphatic carbocycles. The molecule has 1 unspecified atom stereocenters. The maximum absolute atomic E-state index is 13.6. The fraction of sp³-hybridized carbons (Fsp3) is 0.588. The van der Waals surface area contributed by atoms with Gasteiger partial charge in [-0.1, -0.05) is 6.92 Å². The Labute approximate surface area is 136 Å². The Hall–Kier alpha value is -1.53. The minimum absolute atomic E-state index is 0.0353. The normalized spacial score (nSPS) is 12.4. The van der Waals surface area contributed by atoms with Gasteiger partial charge in [0.2, 0.25) is 0 Å². The van der Waals surface area contributed by atoms with Crippen LogP contribution in [0.15, 0.2) is 18.2 Å². The van der Waals surface area contributed by atoms with Crippen LogP contribution in [0.2, 0.25) is 0 Å². The quantitative estimate of drug-likeness (QED) is 0.670. The van der Waals surface area contributed by atoms with Gasteiger partial charge < -0.3 is 14.7 Å². The third kappa shape index (κ3) is 7.05. The summed E-state index contributed by atoms with van der Waals surface area (Å²) in [5.74, 6) is -1.45. The molecule has 0 aliphatic heterocycles. The summed E-state index contributed by atoms with van der Waals surface area (Å²) in [6, 6.07) is 3.05. The van der Waals surface area contributed by atoms with E-state index in [1.165, 1.54) is 0 Å². The first kappa shape index (κ1) is 19.5. The topological polar surface area (TPSA) is 49.8 Å². The monoisotopic (exact) mass is 329 g/mol. The second-order valence-electron chi connectivity index (χ2n) is 5.37. The average molecular weight is 329 g/mol. The molecule has 0 radical (unpaired) electrons. The molecule has 0 bridgehead atoms. The summed E-state index contributed by atoms with van der Waals surface area (Å²) in [7, 11) is 0. The number of rotatable bonds is 10. The van der Waals surface area contributed by atoms with Crippen molar-refractivity contribution in [3.05, 3.63) is 35.4 Å². The highest BCUT2D eigenvalue weighted by atomic mass is 19.1. The van der Waals surface area contributed by atoms with Crippen molar-refractivity contribution in [3.63, 3.8) is 0 Å². The zero-order valence-corrected chi connectivity index (χ0v) is 13.7. The number of aliphatic hydroxyl groups is 1. The molecule has 4 nitrogen and oxygen atoms in total. The van der Waals surface area contributed by atoms with E-state index in [1.807, 2.05) is 11.8 Å². The summed E-state index contributed by atoms with van der Waals surface area (Å²) in [4.78, 5) is 13.4. The third-order valence-electron chi connectivity index (χ3n) is 3.51. The van der Waals surface area contributed by atoms with Gasteiger partial charge in [-0.2, -0.15) is 0 Å². The number of carbonyl (C=O) groups is 1. The maximum Gasteiger partial charge on any atom is 0.307 e. The number of ether oxygens (including phenoxy) is 1. The first-order valence-electron chi connectivity index (χ1n) is 7.98. The van der Waals surface area contributed by atoms with Crippen molar-refractivity contribution in [2.45, 2.75) is 39.2 Å². The van der Waals surface area contributed by atoms with Gasteiger partial charge in [0.15, 0.2) is 0 Å². The summed E-state index contributed by atoms with van der Waals surface area (Å²) in [5, 5.41) is 10.1. The van der Waals surface area contributed by atoms with Gasteiger partial charge in [0, 0.05) is 18.7 Å². The molecule has 0 saturated heterocycles. The molecule has 1 N–H and O–H groups in total. The van der Waals surface area contributed by atoms with E-state index < -0.39 is 17.7 Å². The number of aliphatic hydroxyl groups excluding tert-OH is 1. The Balaban J connectivity index is 2.53. The highest BCUT2D eigenvalue weighted by Crippen LogP contribution is 2.21. The number of halogens is 2. The molecule has 0 aliphatic rings. The number of benzene rings is 1. The maximum atomic E-state index is 13.6. The first-order valence-corrected chi connectivity index (χ1v) is 7.98. The number of carbonyl (C=O) groups excluding carboxylic acids is 1. The second kappa shape index (κ2) is 10.3. The number of esters is 1. The van der Waals surface area contributed by atoms with Crippen LogP contribution in [0.3, 0.4) is 0 Å². The van der Waals surface area contributed by atoms with Crippen molar-refractivity contribution >= 4 is 5.97 Å². The largest absolute Gasteiger partial charge is 0.466 e. The van der Waals surface area contributed by atoms with E-state index in [0.29, 0.717) is 19.7 Å². The van der Waals surface area contributed by atoms with Crippen molar-refractivity contribution in [3.8, 4) is 0 Å². The zero-order valence-electron chi connectivity index (χ0n) is 13.7. The van der Waals surface area contributed by atoms with Crippen LogP contribution in [0, 0.1) is 11.6 Å². The Kier molecular flexibility index (Phi) is 8.73. The SMILES string of the molecule is CCCN(CCC(=O)OCC)CCC(O)c1cc(F)ccc1F. The van der Waals surface area contributed by atoms with Gasteiger partial charge in [0.25, 0.3) is 0 Å². The van der Waals surface area contributed by atoms with E-state index in [4.69, 9.17) is 4.74 Å². The lowest BCUT2D eigenvalue weighted by Gasteiger charge is -2.23. The third-order valence-corrected chi connectivity index (χ3v) is 3.51. The molecular formula is C17H25F2NO3. The van der Waals surface area contributed by atoms with Crippen LogP contribution in [0.25, 0.3) is 0 Å². The van der Waals surface area contributed by atoms with Crippen LogP contribution in [-0.2, 0) is 9.53 Å². The molecule has 0 aromatic heterocycles. The summed E-state index contributed by atoms with van der Waals surface area (Å²) in [5.41, 5.74) is -0.0353. The number of nitrogens with zero attached hydrogens (tertiary/aromatic N) is 1. The summed E-state index contributed by atoms with van der Waals surface area (Å²) in [6.45, 7) is 5.89. The van der Waals surface area contributed by atoms with Crippen LogP contribution < -0.4 is 0 Å². The zero-order chi connectivity index (χ0) is 17.2. The van der Waals surface area contributed by atoms with Gasteiger partial charge in [-0.15, -0.1) is 0 Å². The molecule has 1 rings (SSSR count). The summed E-state index contributed by atoms with van der Waals surface area (Å²) < 4.78 is 31.7. The van der Waals surface area contributed by atoms with Gasteiger partial charge in [0.05, 0.1) is 19.1 Å². The molecule has 23 heavy (non-hydrogen) atoms. The summed E-state index contributed by atoms with van der Waals surface area (Å²) in [6.07, 6.45) is 0.363. The molecule has 1 aromatic rings. The molecular weight excluding hydrogens is 304 g/mol. The van der Waals surface area contributed by atoms with Crippen molar-refractivity contribution < 1.29 is 23.4 Å². The van der Waals surface area contributed by atoms with Gasteiger partial charge in [-0.25, -0.2) is 8.78 Å². The van der Waals surface area contributed by atoms with Gasteiger partial charge in [-0.05, 0) is 44.5 Å². The van der Waals surface area contributed by atoms with E-state index in [0.717, 1.165) is 31.2 Å². The highest BCUT2D eigenvalue weighted by Gasteiger charge is 2.16. The second-order valence-corrected chi connectivity index (χ2v) is 5.37. The van der Waals surface area contributed by atoms with E-state index in [2.05, 4.69) is 0 Å². The fourth-order valence-corrected chi connectivity index (χ4v) is 2.36. The van der Waals surface area contributed by atoms with E-state index in [1.54, 1.807) is 6.92 Å². The Morgan fingerprint density at radius 2 is 2.00 bits per heavy atom. The molecule has 0 spiro atoms. The fourth-order valence-electron chi connectivity index (χ4n) is 2.36. The highest BCUT2D eigenvalue weighted by molar-refractivity contribution is 5.69. The molecule has 130 valence electrons. The van der Waals surface area contributed by atoms with E-state index in [9.17, 15) is 18.7 Å². The van der Waals surface area contributed by atoms with Crippen molar-refractivity contribution in [1.82, 2.24) is 4.90 Å². The van der Waals surface area contributed by atoms with Crippen LogP contribution in [-0.4, -0.2) is 42.2 Å². The average Bonchev–Trinajstić information content (AvgIpc) is 2.52. The van der Waals surface area contributed by atoms with Crippen LogP contribution >= 0.6 is 0 Å². The number of hydrogen-bond donors (Lipinski definition) is 1. The molecule has 6 heteroatoms. The smallest absolute Gasteiger partial charge is 0.307 e. The van der Waals surface area contributed by atoms with E-state index in [-0.39, 0.29) is 24.4 Å². The Bertz CT molecular complexity index is 497. The van der Waals surface area contributed by atoms with Crippen LogP contribution in [0.1, 0.15) is 44.8 Å². The molecule has 0 amide bonds. The Morgan fingerprint density at radius 1 is 1.26 bits per heavy atom. The predicted molar refractivity (Wildman–Crippen MR) is 83.9 cm³/mol. The molecule has 1 atom stereocenters. The number of hydrogen-bond acceptors (Lipinski definition) is 4. The van der Waals surface area contributed by atoms with Crippen LogP contribution in [0.4, 0.5) is 8.78 Å². The van der Waals surface area contributed by atoms with Gasteiger partial charge in [0.1, 0.15) is 11.6 Å². The predicted octanol–water partition coefficient (Wildman–Crippen LogP) is 3.05. The standard InChI is InChI=1S/C17H25F2NO3/c1-3-9-20(11-8-17(22)23-4-2)10-7-16(21)14-12-13(18)5-6-15(14)19/h5-6,12,16,21H,3-4,7-11H2,1-2H3. The molecule has 0 saturated carbocycles. The minimum Gasteiger partial charge on any atom is -0.466 e. The summed E-state index contributed by atoms with van der Waals surface area (Å²) >= 11 is 0. The van der Waals surface area contributed by atoms with Gasteiger partial charge in [-0.3, -0.25) is 4.79 Å². The van der Waals surface area contributed by atoms with Gasteiger partial charge >= 0.3 is 5.97 Å². The van der Waals surface area contributed by atoms with Crippen molar-refractivity contribution in [2.75, 3.05) is 26.2 Å². The van der Waals surface area contributed by atoms with Crippen molar-refractivity contribution in [1.29, 1.82) is 0 Å². The van der Waals surface area contributed by atoms with Crippen molar-refractivity contribution in [2.24, 2.45) is 0 Å². The molecule has 0 fully saturated rings. The lowest BCUT2D eigenvalue weighted by Crippen LogP contribution is -2.29. The molecule has 1 aromatic carbocycles. The van der Waals surface area contributed by atoms with Crippen LogP contribution in [0.5, 0.6) is 0 Å². The lowest BCUT2D eigenvalue weighted by molar-refractivity contribution is -0.143. The molecule has 0 heterocycles. The Morgan fingerprint density at radius 3 is 2.65 bits per heavy atom. The lowest BCUT2D eigenvalue weighted by atomic mass is 10.1. The first-order chi connectivity index (χ1) is 11.0. The van der Waals surface area contributed by atoms with E-state index >= 15 is 0 Å². The minimum atomic E-state index is -1.08.